The van der Waals surface area contributed by atoms with E-state index in [-0.39, 0.29) is 77.6 Å². The van der Waals surface area contributed by atoms with Crippen molar-refractivity contribution in [1.29, 1.82) is 0 Å². The average Bonchev–Trinajstić information content (AvgIpc) is 3.76. The minimum absolute atomic E-state index is 0. The Labute approximate surface area is 424 Å². The van der Waals surface area contributed by atoms with Crippen LogP contribution in [0.25, 0.3) is 0 Å². The number of hydrogen-bond acceptors (Lipinski definition) is 7. The van der Waals surface area contributed by atoms with Crippen molar-refractivity contribution in [2.24, 2.45) is 92.7 Å². The van der Waals surface area contributed by atoms with Crippen LogP contribution in [-0.4, -0.2) is 56.6 Å². The fourth-order valence-electron chi connectivity index (χ4n) is 15.3. The van der Waals surface area contributed by atoms with E-state index < -0.39 is 33.1 Å². The van der Waals surface area contributed by atoms with Gasteiger partial charge in [-0.1, -0.05) is 167 Å². The van der Waals surface area contributed by atoms with E-state index in [2.05, 4.69) is 169 Å². The van der Waals surface area contributed by atoms with Crippen LogP contribution in [0.3, 0.4) is 0 Å². The standard InChI is InChI=1S/C29H48O3S2Si.C27H44O2Si.2CH4/c1-16-14-28-17(2)13-20-22(27(20,8)9)21(24(28)30)23(32-35(11,12)26(5,6)7)18(3)19(4)29(28,15-16)31-25(33)34-10;1-15-12-19-17(3)18(4)23(29-30(10,11)25(5,6)7)21-22-20(26(22,8)9)13-16(2)27(19,14-15)24(21)28;;/h14,17-23H,13,15H2,1-12H3;12,14,16-18,20-23H,13H2,1-11H3;2*1H4/t17-,18-,19-,20-,21-,22-,23-,28+,29-;16-,17-,18-,20-,21-,22-,23-,27-;;/m11../s1. The third-order valence-corrected chi connectivity index (χ3v) is 31.7. The summed E-state index contributed by atoms with van der Waals surface area (Å²) < 4.78 is 22.0. The number of rotatable bonds is 5. The van der Waals surface area contributed by atoms with Crippen LogP contribution in [0.15, 0.2) is 34.9 Å². The summed E-state index contributed by atoms with van der Waals surface area (Å²) in [6.07, 6.45) is 11.9. The average molecular weight is 998 g/mol. The molecule has 0 aromatic rings. The maximum Gasteiger partial charge on any atom is 0.220 e. The van der Waals surface area contributed by atoms with E-state index in [0.717, 1.165) is 19.3 Å². The van der Waals surface area contributed by atoms with Crippen molar-refractivity contribution in [3.63, 3.8) is 0 Å². The van der Waals surface area contributed by atoms with Crippen molar-refractivity contribution in [3.05, 3.63) is 34.9 Å². The van der Waals surface area contributed by atoms with Crippen molar-refractivity contribution in [2.45, 2.75) is 213 Å². The molecule has 0 saturated heterocycles. The number of ketones is 2. The lowest BCUT2D eigenvalue weighted by Crippen LogP contribution is -2.59. The molecule has 6 fully saturated rings. The molecule has 0 unspecified atom stereocenters. The van der Waals surface area contributed by atoms with Crippen molar-refractivity contribution in [1.82, 2.24) is 0 Å². The van der Waals surface area contributed by atoms with E-state index in [1.54, 1.807) is 0 Å². The zero-order valence-corrected chi connectivity index (χ0v) is 48.9. The Morgan fingerprint density at radius 2 is 1.16 bits per heavy atom. The molecule has 0 heterocycles. The number of carbonyl (C=O) groups is 2. The summed E-state index contributed by atoms with van der Waals surface area (Å²) in [5, 5.41) is 0.228. The monoisotopic (exact) mass is 997 g/mol. The third kappa shape index (κ3) is 8.19. The van der Waals surface area contributed by atoms with E-state index in [9.17, 15) is 4.79 Å². The zero-order chi connectivity index (χ0) is 49.1. The van der Waals surface area contributed by atoms with Gasteiger partial charge in [0.15, 0.2) is 28.2 Å². The summed E-state index contributed by atoms with van der Waals surface area (Å²) in [7, 11) is -4.12. The first-order valence-electron chi connectivity index (χ1n) is 25.8. The van der Waals surface area contributed by atoms with Gasteiger partial charge in [-0.15, -0.1) is 0 Å². The lowest BCUT2D eigenvalue weighted by atomic mass is 9.58. The van der Waals surface area contributed by atoms with Gasteiger partial charge in [0.1, 0.15) is 5.60 Å². The molecular formula is C58H100O5S2Si2. The van der Waals surface area contributed by atoms with Crippen molar-refractivity contribution >= 4 is 56.6 Å². The van der Waals surface area contributed by atoms with E-state index in [1.807, 2.05) is 6.26 Å². The molecular weight excluding hydrogens is 897 g/mol. The maximum atomic E-state index is 15.2. The number of allylic oxidation sites excluding steroid dienone is 4. The molecule has 5 nitrogen and oxygen atoms in total. The number of ether oxygens (including phenoxy) is 1. The van der Waals surface area contributed by atoms with Gasteiger partial charge in [-0.05, 0) is 151 Å². The molecule has 17 atom stereocenters. The van der Waals surface area contributed by atoms with Gasteiger partial charge in [0.2, 0.25) is 4.38 Å². The summed E-state index contributed by atoms with van der Waals surface area (Å²) in [5.74, 6) is 4.43. The molecule has 0 aliphatic heterocycles. The second-order valence-electron chi connectivity index (χ2n) is 27.8. The normalized spacial score (nSPS) is 43.4. The van der Waals surface area contributed by atoms with Gasteiger partial charge in [-0.25, -0.2) is 0 Å². The number of fused-ring (bicyclic) bond motifs is 6. The smallest absolute Gasteiger partial charge is 0.220 e. The predicted octanol–water partition coefficient (Wildman–Crippen LogP) is 16.2. The molecule has 0 N–H and O–H groups in total. The first-order chi connectivity index (χ1) is 29.5. The van der Waals surface area contributed by atoms with Crippen LogP contribution in [0.1, 0.15) is 159 Å². The molecule has 8 aliphatic rings. The predicted molar refractivity (Wildman–Crippen MR) is 295 cm³/mol. The molecule has 382 valence electrons. The number of carbonyl (C=O) groups excluding carboxylic acids is 2. The van der Waals surface area contributed by atoms with Crippen LogP contribution in [-0.2, 0) is 23.2 Å². The molecule has 6 saturated carbocycles. The summed E-state index contributed by atoms with van der Waals surface area (Å²) in [6.45, 7) is 51.2. The van der Waals surface area contributed by atoms with Crippen LogP contribution in [0, 0.1) is 92.7 Å². The second kappa shape index (κ2) is 17.7. The molecule has 9 heteroatoms. The van der Waals surface area contributed by atoms with Gasteiger partial charge in [-0.3, -0.25) is 9.59 Å². The molecule has 4 bridgehead atoms. The Hall–Kier alpha value is -0.846. The van der Waals surface area contributed by atoms with Crippen molar-refractivity contribution < 1.29 is 23.2 Å². The van der Waals surface area contributed by atoms with Crippen LogP contribution in [0.4, 0.5) is 0 Å². The molecule has 8 aliphatic carbocycles. The molecule has 0 radical (unpaired) electrons. The molecule has 0 amide bonds. The fraction of sp³-hybridized carbons (Fsp3) is 0.845. The highest BCUT2D eigenvalue weighted by atomic mass is 32.2. The Morgan fingerprint density at radius 3 is 1.63 bits per heavy atom. The molecule has 0 aromatic heterocycles. The van der Waals surface area contributed by atoms with E-state index in [1.165, 1.54) is 28.5 Å². The largest absolute Gasteiger partial charge is 0.470 e. The van der Waals surface area contributed by atoms with Gasteiger partial charge < -0.3 is 13.6 Å². The van der Waals surface area contributed by atoms with Crippen LogP contribution in [0.2, 0.25) is 36.3 Å². The fourth-order valence-corrected chi connectivity index (χ4v) is 18.5. The lowest BCUT2D eigenvalue weighted by Gasteiger charge is -2.51. The highest BCUT2D eigenvalue weighted by Crippen LogP contribution is 2.75. The first kappa shape index (κ1) is 57.1. The van der Waals surface area contributed by atoms with Gasteiger partial charge in [-0.2, -0.15) is 0 Å². The van der Waals surface area contributed by atoms with Gasteiger partial charge in [0.25, 0.3) is 0 Å². The number of thioether (sulfide) groups is 1. The summed E-state index contributed by atoms with van der Waals surface area (Å²) in [5.41, 5.74) is 2.68. The first-order valence-corrected chi connectivity index (χ1v) is 33.2. The van der Waals surface area contributed by atoms with Crippen molar-refractivity contribution in [2.75, 3.05) is 6.26 Å². The van der Waals surface area contributed by atoms with Gasteiger partial charge in [0.05, 0.1) is 23.0 Å². The molecule has 2 spiro atoms. The molecule has 8 rings (SSSR count). The Kier molecular flexibility index (Phi) is 15.1. The third-order valence-electron chi connectivity index (χ3n) is 21.7. The number of thiocarbonyl (C=S) groups is 1. The van der Waals surface area contributed by atoms with E-state index >= 15 is 4.79 Å². The molecule has 0 aromatic carbocycles. The minimum Gasteiger partial charge on any atom is -0.470 e. The van der Waals surface area contributed by atoms with Gasteiger partial charge in [0, 0.05) is 24.2 Å². The minimum atomic E-state index is -2.12. The quantitative estimate of drug-likeness (QED) is 0.154. The topological polar surface area (TPSA) is 61.8 Å². The zero-order valence-electron chi connectivity index (χ0n) is 45.3. The van der Waals surface area contributed by atoms with Gasteiger partial charge >= 0.3 is 0 Å². The Morgan fingerprint density at radius 1 is 0.716 bits per heavy atom. The number of Topliss-reactive ketones (excluding diaryl/α,β-unsaturated/α-hetero) is 2. The van der Waals surface area contributed by atoms with Crippen LogP contribution >= 0.6 is 24.0 Å². The number of hydrogen-bond donors (Lipinski definition) is 0. The van der Waals surface area contributed by atoms with Crippen LogP contribution < -0.4 is 0 Å². The highest BCUT2D eigenvalue weighted by molar-refractivity contribution is 8.22. The van der Waals surface area contributed by atoms with Crippen molar-refractivity contribution in [3.8, 4) is 0 Å². The summed E-state index contributed by atoms with van der Waals surface area (Å²) in [6, 6.07) is 0. The molecule has 67 heavy (non-hydrogen) atoms. The van der Waals surface area contributed by atoms with E-state index in [4.69, 9.17) is 25.8 Å². The SMILES string of the molecule is C.C.CC1=C[C@]23C(=O)[C@@H]([C@H](O[Si](C)(C)C(C)(C)C)[C@H](C)[C@@H](C)C2=C1)[C@H]1[C@@H](C[C@H]3C)C1(C)C.CSC(=S)O[C@@]12CC(C)=C[C@]13C(=O)[C@@H]([C@H](O[Si](C)(C)C(C)(C)C)[C@H](C)[C@H]2C)[C@H]1[C@@H](C[C@H]3C)C1(C)C. The Bertz CT molecular complexity index is 2070. The van der Waals surface area contributed by atoms with Crippen LogP contribution in [0.5, 0.6) is 0 Å². The lowest BCUT2D eigenvalue weighted by molar-refractivity contribution is -0.152. The summed E-state index contributed by atoms with van der Waals surface area (Å²) >= 11 is 7.18. The second-order valence-corrected chi connectivity index (χ2v) is 38.7. The van der Waals surface area contributed by atoms with E-state index in [0.29, 0.717) is 57.4 Å². The Balaban J connectivity index is 0.000000246. The highest BCUT2D eigenvalue weighted by Gasteiger charge is 2.78. The summed E-state index contributed by atoms with van der Waals surface area (Å²) in [4.78, 5) is 29.8. The maximum absolute atomic E-state index is 15.2.